The van der Waals surface area contributed by atoms with Crippen LogP contribution in [0.2, 0.25) is 0 Å². The minimum Gasteiger partial charge on any atom is -0.332 e. The molecule has 2 rings (SSSR count). The van der Waals surface area contributed by atoms with Gasteiger partial charge in [-0.05, 0) is 42.4 Å². The van der Waals surface area contributed by atoms with Gasteiger partial charge in [-0.3, -0.25) is 4.84 Å². The number of halogens is 1. The van der Waals surface area contributed by atoms with E-state index in [1.54, 1.807) is 17.8 Å². The van der Waals surface area contributed by atoms with Gasteiger partial charge in [-0.2, -0.15) is 11.8 Å². The van der Waals surface area contributed by atoms with Crippen LogP contribution in [0.25, 0.3) is 0 Å². The highest BCUT2D eigenvalue weighted by Crippen LogP contribution is 2.17. The summed E-state index contributed by atoms with van der Waals surface area (Å²) >= 11 is 1.63. The second-order valence-electron chi connectivity index (χ2n) is 4.65. The molecule has 0 aromatic heterocycles. The molecule has 0 aliphatic carbocycles. The van der Waals surface area contributed by atoms with Crippen molar-refractivity contribution >= 4 is 17.8 Å². The van der Waals surface area contributed by atoms with Crippen LogP contribution in [0.4, 0.5) is 9.18 Å². The molecule has 1 saturated heterocycles. The third-order valence-corrected chi connectivity index (χ3v) is 3.73. The van der Waals surface area contributed by atoms with Crippen LogP contribution in [0.3, 0.4) is 0 Å². The summed E-state index contributed by atoms with van der Waals surface area (Å²) in [5.74, 6) is 0.479. The summed E-state index contributed by atoms with van der Waals surface area (Å²) in [5, 5.41) is 4.18. The van der Waals surface area contributed by atoms with Crippen LogP contribution in [-0.4, -0.2) is 30.5 Å². The monoisotopic (exact) mass is 298 g/mol. The highest BCUT2D eigenvalue weighted by atomic mass is 32.2. The molecule has 0 atom stereocenters. The molecule has 0 bridgehead atoms. The number of thioether (sulfide) groups is 1. The largest absolute Gasteiger partial charge is 0.341 e. The van der Waals surface area contributed by atoms with E-state index < -0.39 is 0 Å². The minimum atomic E-state index is -0.247. The number of hydroxylamine groups is 2. The van der Waals surface area contributed by atoms with Gasteiger partial charge in [0.1, 0.15) is 5.82 Å². The summed E-state index contributed by atoms with van der Waals surface area (Å²) in [6.45, 7) is 1.59. The fraction of sp³-hybridized carbons (Fsp3) is 0.500. The van der Waals surface area contributed by atoms with Crippen LogP contribution < -0.4 is 5.32 Å². The number of carbonyl (C=O) groups excluding carboxylic acids is 1. The molecule has 6 heteroatoms. The van der Waals surface area contributed by atoms with Gasteiger partial charge in [0, 0.05) is 12.3 Å². The second kappa shape index (κ2) is 7.50. The van der Waals surface area contributed by atoms with Gasteiger partial charge in [0.25, 0.3) is 0 Å². The topological polar surface area (TPSA) is 41.6 Å². The maximum absolute atomic E-state index is 13.2. The zero-order chi connectivity index (χ0) is 14.4. The summed E-state index contributed by atoms with van der Waals surface area (Å²) in [4.78, 5) is 17.2. The van der Waals surface area contributed by atoms with Crippen molar-refractivity contribution < 1.29 is 14.0 Å². The summed E-state index contributed by atoms with van der Waals surface area (Å²) in [6, 6.07) is 4.43. The number of nitrogens with zero attached hydrogens (tertiary/aromatic N) is 1. The number of hydrogen-bond acceptors (Lipinski definition) is 3. The lowest BCUT2D eigenvalue weighted by Crippen LogP contribution is -2.42. The Bertz CT molecular complexity index is 464. The first-order valence-corrected chi connectivity index (χ1v) is 8.04. The minimum absolute atomic E-state index is 0.232. The van der Waals surface area contributed by atoms with Crippen LogP contribution in [0.1, 0.15) is 24.0 Å². The molecule has 0 saturated carbocycles. The van der Waals surface area contributed by atoms with Crippen molar-refractivity contribution in [2.45, 2.75) is 25.1 Å². The van der Waals surface area contributed by atoms with E-state index in [1.807, 2.05) is 6.26 Å². The molecule has 4 nitrogen and oxygen atoms in total. The Balaban J connectivity index is 1.94. The molecule has 1 heterocycles. The van der Waals surface area contributed by atoms with Gasteiger partial charge in [-0.1, -0.05) is 6.07 Å². The summed E-state index contributed by atoms with van der Waals surface area (Å²) in [7, 11) is 0. The number of benzene rings is 1. The maximum Gasteiger partial charge on any atom is 0.341 e. The molecule has 0 radical (unpaired) electrons. The molecule has 0 unspecified atom stereocenters. The van der Waals surface area contributed by atoms with Crippen LogP contribution in [0.5, 0.6) is 0 Å². The predicted octanol–water partition coefficient (Wildman–Crippen LogP) is 2.93. The molecule has 1 N–H and O–H groups in total. The first-order chi connectivity index (χ1) is 9.70. The van der Waals surface area contributed by atoms with Gasteiger partial charge in [0.2, 0.25) is 0 Å². The molecule has 0 spiro atoms. The van der Waals surface area contributed by atoms with Crippen molar-refractivity contribution in [3.63, 3.8) is 0 Å². The Morgan fingerprint density at radius 1 is 1.45 bits per heavy atom. The smallest absolute Gasteiger partial charge is 0.332 e. The van der Waals surface area contributed by atoms with Crippen LogP contribution >= 0.6 is 11.8 Å². The molecule has 1 aromatic rings. The Morgan fingerprint density at radius 3 is 3.00 bits per heavy atom. The normalized spacial score (nSPS) is 15.2. The number of amides is 2. The maximum atomic E-state index is 13.2. The number of carbonyl (C=O) groups is 1. The van der Waals surface area contributed by atoms with Crippen molar-refractivity contribution in [1.29, 1.82) is 0 Å². The third kappa shape index (κ3) is 4.11. The molecule has 1 fully saturated rings. The van der Waals surface area contributed by atoms with Gasteiger partial charge in [-0.15, -0.1) is 0 Å². The van der Waals surface area contributed by atoms with Crippen LogP contribution in [0, 0.1) is 5.82 Å². The van der Waals surface area contributed by atoms with E-state index in [0.717, 1.165) is 29.7 Å². The summed E-state index contributed by atoms with van der Waals surface area (Å²) in [6.07, 6.45) is 3.91. The molecule has 110 valence electrons. The number of nitrogens with one attached hydrogen (secondary N) is 1. The average Bonchev–Trinajstić information content (AvgIpc) is 2.47. The van der Waals surface area contributed by atoms with Gasteiger partial charge in [0.15, 0.2) is 0 Å². The Labute approximate surface area is 122 Å². The van der Waals surface area contributed by atoms with E-state index in [1.165, 1.54) is 17.2 Å². The number of rotatable bonds is 4. The van der Waals surface area contributed by atoms with Crippen LogP contribution in [-0.2, 0) is 17.1 Å². The van der Waals surface area contributed by atoms with E-state index in [2.05, 4.69) is 5.32 Å². The zero-order valence-corrected chi connectivity index (χ0v) is 12.3. The molecule has 1 aromatic carbocycles. The van der Waals surface area contributed by atoms with E-state index in [-0.39, 0.29) is 11.8 Å². The zero-order valence-electron chi connectivity index (χ0n) is 11.5. The van der Waals surface area contributed by atoms with Gasteiger partial charge in [-0.25, -0.2) is 14.2 Å². The Morgan fingerprint density at radius 2 is 2.30 bits per heavy atom. The number of urea groups is 1. The summed E-state index contributed by atoms with van der Waals surface area (Å²) in [5.41, 5.74) is 1.85. The highest BCUT2D eigenvalue weighted by molar-refractivity contribution is 7.97. The first kappa shape index (κ1) is 15.1. The lowest BCUT2D eigenvalue weighted by Gasteiger charge is -2.26. The van der Waals surface area contributed by atoms with Gasteiger partial charge in [0.05, 0.1) is 13.2 Å². The van der Waals surface area contributed by atoms with Crippen molar-refractivity contribution in [3.8, 4) is 0 Å². The molecular weight excluding hydrogens is 279 g/mol. The van der Waals surface area contributed by atoms with E-state index in [9.17, 15) is 9.18 Å². The van der Waals surface area contributed by atoms with E-state index in [0.29, 0.717) is 19.7 Å². The molecular formula is C14H19FN2O2S. The first-order valence-electron chi connectivity index (χ1n) is 6.65. The fourth-order valence-electron chi connectivity index (χ4n) is 2.07. The van der Waals surface area contributed by atoms with Gasteiger partial charge < -0.3 is 5.32 Å². The molecule has 1 aliphatic heterocycles. The lowest BCUT2D eigenvalue weighted by molar-refractivity contribution is -0.139. The molecule has 1 aliphatic rings. The second-order valence-corrected chi connectivity index (χ2v) is 5.51. The lowest BCUT2D eigenvalue weighted by atomic mass is 10.1. The SMILES string of the molecule is CSCc1cc(F)ccc1CNC(=O)N1CCCCO1. The van der Waals surface area contributed by atoms with Crippen molar-refractivity contribution in [1.82, 2.24) is 10.4 Å². The van der Waals surface area contributed by atoms with Crippen molar-refractivity contribution in [3.05, 3.63) is 35.1 Å². The summed E-state index contributed by atoms with van der Waals surface area (Å²) < 4.78 is 13.2. The quantitative estimate of drug-likeness (QED) is 0.929. The highest BCUT2D eigenvalue weighted by Gasteiger charge is 2.17. The van der Waals surface area contributed by atoms with E-state index >= 15 is 0 Å². The van der Waals surface area contributed by atoms with Crippen molar-refractivity contribution in [2.75, 3.05) is 19.4 Å². The predicted molar refractivity (Wildman–Crippen MR) is 77.7 cm³/mol. The molecule has 20 heavy (non-hydrogen) atoms. The standard InChI is InChI=1S/C14H19FN2O2S/c1-20-10-12-8-13(15)5-4-11(12)9-16-14(18)17-6-2-3-7-19-17/h4-5,8H,2-3,6-7,9-10H2,1H3,(H,16,18). The Hall–Kier alpha value is -1.27. The molecule has 2 amide bonds. The fourth-order valence-corrected chi connectivity index (χ4v) is 2.65. The van der Waals surface area contributed by atoms with Gasteiger partial charge >= 0.3 is 6.03 Å². The van der Waals surface area contributed by atoms with Crippen LogP contribution in [0.15, 0.2) is 18.2 Å². The average molecular weight is 298 g/mol. The third-order valence-electron chi connectivity index (χ3n) is 3.13. The van der Waals surface area contributed by atoms with Crippen molar-refractivity contribution in [2.24, 2.45) is 0 Å². The number of hydrogen-bond donors (Lipinski definition) is 1. The Kier molecular flexibility index (Phi) is 5.67. The van der Waals surface area contributed by atoms with E-state index in [4.69, 9.17) is 4.84 Å².